The minimum atomic E-state index is -1.27. The Balaban J connectivity index is 2.10. The maximum atomic E-state index is 12.5. The van der Waals surface area contributed by atoms with Crippen LogP contribution in [0.2, 0.25) is 0 Å². The van der Waals surface area contributed by atoms with Gasteiger partial charge in [-0.25, -0.2) is 4.68 Å². The molecule has 0 saturated heterocycles. The SMILES string of the molecule is CN(C)c1ccc(-c2cc3c(O)c(C(=O)NCC(=O)O)c(=O)n(C)n3n2)cc1. The van der Waals surface area contributed by atoms with E-state index in [0.29, 0.717) is 5.69 Å². The number of aromatic hydroxyl groups is 1. The third-order valence-corrected chi connectivity index (χ3v) is 4.27. The van der Waals surface area contributed by atoms with E-state index in [9.17, 15) is 19.5 Å². The Labute approximate surface area is 159 Å². The summed E-state index contributed by atoms with van der Waals surface area (Å²) in [6, 6.07) is 9.07. The van der Waals surface area contributed by atoms with Gasteiger partial charge >= 0.3 is 5.97 Å². The number of carbonyl (C=O) groups is 2. The molecule has 0 fully saturated rings. The van der Waals surface area contributed by atoms with Gasteiger partial charge in [0.2, 0.25) is 0 Å². The van der Waals surface area contributed by atoms with Gasteiger partial charge in [0.15, 0.2) is 11.3 Å². The number of aliphatic carboxylic acids is 1. The molecular weight excluding hydrogens is 366 g/mol. The summed E-state index contributed by atoms with van der Waals surface area (Å²) in [7, 11) is 5.24. The van der Waals surface area contributed by atoms with Crippen molar-refractivity contribution in [1.29, 1.82) is 0 Å². The van der Waals surface area contributed by atoms with Crippen LogP contribution in [0.5, 0.6) is 5.75 Å². The number of fused-ring (bicyclic) bond motifs is 1. The molecule has 10 heteroatoms. The lowest BCUT2D eigenvalue weighted by atomic mass is 10.1. The molecule has 0 unspecified atom stereocenters. The number of aryl methyl sites for hydroxylation is 1. The number of carboxylic acids is 1. The van der Waals surface area contributed by atoms with Crippen molar-refractivity contribution >= 4 is 23.1 Å². The average Bonchev–Trinajstić information content (AvgIpc) is 3.10. The molecular formula is C18H19N5O5. The first kappa shape index (κ1) is 19.0. The highest BCUT2D eigenvalue weighted by atomic mass is 16.4. The first-order chi connectivity index (χ1) is 13.2. The fraction of sp³-hybridized carbons (Fsp3) is 0.222. The zero-order valence-electron chi connectivity index (χ0n) is 15.5. The summed E-state index contributed by atoms with van der Waals surface area (Å²) >= 11 is 0. The van der Waals surface area contributed by atoms with E-state index in [4.69, 9.17) is 5.11 Å². The number of hydrogen-bond donors (Lipinski definition) is 3. The van der Waals surface area contributed by atoms with Crippen molar-refractivity contribution < 1.29 is 19.8 Å². The molecule has 0 atom stereocenters. The molecule has 28 heavy (non-hydrogen) atoms. The van der Waals surface area contributed by atoms with Crippen molar-refractivity contribution in [3.05, 3.63) is 46.2 Å². The molecule has 2 aromatic heterocycles. The Morgan fingerprint density at radius 2 is 1.86 bits per heavy atom. The van der Waals surface area contributed by atoms with E-state index in [0.717, 1.165) is 15.9 Å². The second-order valence-electron chi connectivity index (χ2n) is 6.37. The van der Waals surface area contributed by atoms with Crippen LogP contribution < -0.4 is 15.8 Å². The Hall–Kier alpha value is -3.82. The Bertz CT molecular complexity index is 1130. The topological polar surface area (TPSA) is 129 Å². The minimum absolute atomic E-state index is 0.147. The molecule has 1 amide bonds. The largest absolute Gasteiger partial charge is 0.505 e. The van der Waals surface area contributed by atoms with Gasteiger partial charge in [0.25, 0.3) is 11.5 Å². The van der Waals surface area contributed by atoms with Crippen LogP contribution in [-0.2, 0) is 11.8 Å². The highest BCUT2D eigenvalue weighted by molar-refractivity contribution is 5.99. The number of benzene rings is 1. The number of carbonyl (C=O) groups excluding carboxylic acids is 1. The molecule has 1 aromatic carbocycles. The smallest absolute Gasteiger partial charge is 0.322 e. The van der Waals surface area contributed by atoms with Crippen molar-refractivity contribution in [2.24, 2.45) is 7.05 Å². The Kier molecular flexibility index (Phi) is 4.78. The van der Waals surface area contributed by atoms with Crippen molar-refractivity contribution in [3.63, 3.8) is 0 Å². The zero-order valence-corrected chi connectivity index (χ0v) is 15.5. The number of hydrogen-bond acceptors (Lipinski definition) is 6. The summed E-state index contributed by atoms with van der Waals surface area (Å²) in [5.74, 6) is -2.80. The van der Waals surface area contributed by atoms with Gasteiger partial charge in [0.05, 0.1) is 5.69 Å². The van der Waals surface area contributed by atoms with Crippen LogP contribution >= 0.6 is 0 Å². The van der Waals surface area contributed by atoms with Gasteiger partial charge < -0.3 is 20.4 Å². The first-order valence-electron chi connectivity index (χ1n) is 8.30. The molecule has 0 aliphatic carbocycles. The standard InChI is InChI=1S/C18H19N5O5/c1-21(2)11-6-4-10(5-7-11)12-8-13-16(26)15(17(27)19-9-14(24)25)18(28)22(3)23(13)20-12/h4-8,26H,9H2,1-3H3,(H,19,27)(H,24,25). The van der Waals surface area contributed by atoms with Crippen LogP contribution in [-0.4, -0.2) is 57.1 Å². The molecule has 3 rings (SSSR count). The third-order valence-electron chi connectivity index (χ3n) is 4.27. The Morgan fingerprint density at radius 1 is 1.21 bits per heavy atom. The van der Waals surface area contributed by atoms with Crippen molar-refractivity contribution in [1.82, 2.24) is 19.7 Å². The van der Waals surface area contributed by atoms with Gasteiger partial charge in [0, 0.05) is 32.4 Å². The van der Waals surface area contributed by atoms with Crippen LogP contribution in [0.3, 0.4) is 0 Å². The summed E-state index contributed by atoms with van der Waals surface area (Å²) < 4.78 is 2.27. The molecule has 0 aliphatic heterocycles. The van der Waals surface area contributed by atoms with Crippen molar-refractivity contribution in [2.75, 3.05) is 25.5 Å². The summed E-state index contributed by atoms with van der Waals surface area (Å²) in [5, 5.41) is 25.6. The normalized spacial score (nSPS) is 10.8. The maximum Gasteiger partial charge on any atom is 0.322 e. The fourth-order valence-electron chi connectivity index (χ4n) is 2.76. The van der Waals surface area contributed by atoms with Crippen molar-refractivity contribution in [3.8, 4) is 17.0 Å². The highest BCUT2D eigenvalue weighted by Crippen LogP contribution is 2.27. The van der Waals surface area contributed by atoms with E-state index in [1.165, 1.54) is 11.7 Å². The predicted molar refractivity (Wildman–Crippen MR) is 102 cm³/mol. The van der Waals surface area contributed by atoms with Gasteiger partial charge in [-0.15, -0.1) is 0 Å². The number of nitrogens with one attached hydrogen (secondary N) is 1. The molecule has 146 valence electrons. The number of aromatic nitrogens is 3. The van der Waals surface area contributed by atoms with Gasteiger partial charge in [-0.1, -0.05) is 12.1 Å². The lowest BCUT2D eigenvalue weighted by Gasteiger charge is -2.12. The molecule has 0 saturated carbocycles. The molecule has 0 bridgehead atoms. The monoisotopic (exact) mass is 385 g/mol. The van der Waals surface area contributed by atoms with Gasteiger partial charge in [-0.3, -0.25) is 14.4 Å². The molecule has 3 N–H and O–H groups in total. The number of nitrogens with zero attached hydrogens (tertiary/aromatic N) is 4. The van der Waals surface area contributed by atoms with Crippen LogP contribution in [0.4, 0.5) is 5.69 Å². The zero-order chi connectivity index (χ0) is 20.6. The number of anilines is 1. The molecule has 0 aliphatic rings. The highest BCUT2D eigenvalue weighted by Gasteiger charge is 2.23. The molecule has 0 radical (unpaired) electrons. The molecule has 10 nitrogen and oxygen atoms in total. The molecule has 0 spiro atoms. The van der Waals surface area contributed by atoms with E-state index in [1.807, 2.05) is 43.3 Å². The van der Waals surface area contributed by atoms with Crippen LogP contribution in [0.25, 0.3) is 16.8 Å². The van der Waals surface area contributed by atoms with Gasteiger partial charge in [-0.2, -0.15) is 9.73 Å². The molecule has 3 aromatic rings. The van der Waals surface area contributed by atoms with E-state index >= 15 is 0 Å². The quantitative estimate of drug-likeness (QED) is 0.575. The Morgan fingerprint density at radius 3 is 2.43 bits per heavy atom. The molecule has 2 heterocycles. The predicted octanol–water partition coefficient (Wildman–Crippen LogP) is 0.286. The second kappa shape index (κ2) is 7.06. The number of rotatable bonds is 5. The maximum absolute atomic E-state index is 12.5. The van der Waals surface area contributed by atoms with E-state index in [-0.39, 0.29) is 5.52 Å². The fourth-order valence-corrected chi connectivity index (χ4v) is 2.76. The third kappa shape index (κ3) is 3.27. The van der Waals surface area contributed by atoms with Crippen LogP contribution in [0, 0.1) is 0 Å². The van der Waals surface area contributed by atoms with Gasteiger partial charge in [-0.05, 0) is 18.2 Å². The summed E-state index contributed by atoms with van der Waals surface area (Å²) in [6.07, 6.45) is 0. The first-order valence-corrected chi connectivity index (χ1v) is 8.30. The van der Waals surface area contributed by atoms with E-state index < -0.39 is 35.3 Å². The van der Waals surface area contributed by atoms with E-state index in [1.54, 1.807) is 6.07 Å². The summed E-state index contributed by atoms with van der Waals surface area (Å²) in [4.78, 5) is 37.2. The van der Waals surface area contributed by atoms with Crippen LogP contribution in [0.15, 0.2) is 35.1 Å². The van der Waals surface area contributed by atoms with Gasteiger partial charge in [0.1, 0.15) is 12.1 Å². The number of carboxylic acid groups (broad SMARTS) is 1. The lowest BCUT2D eigenvalue weighted by molar-refractivity contribution is -0.135. The number of amides is 1. The van der Waals surface area contributed by atoms with E-state index in [2.05, 4.69) is 10.4 Å². The van der Waals surface area contributed by atoms with Crippen molar-refractivity contribution in [2.45, 2.75) is 0 Å². The van der Waals surface area contributed by atoms with Crippen LogP contribution in [0.1, 0.15) is 10.4 Å². The average molecular weight is 385 g/mol. The summed E-state index contributed by atoms with van der Waals surface area (Å²) in [6.45, 7) is -0.671. The lowest BCUT2D eigenvalue weighted by Crippen LogP contribution is -2.36. The minimum Gasteiger partial charge on any atom is -0.505 e. The second-order valence-corrected chi connectivity index (χ2v) is 6.37. The summed E-state index contributed by atoms with van der Waals surface area (Å²) in [5.41, 5.74) is 1.07.